The summed E-state index contributed by atoms with van der Waals surface area (Å²) >= 11 is 4.65. The predicted octanol–water partition coefficient (Wildman–Crippen LogP) is 2.55. The van der Waals surface area contributed by atoms with E-state index < -0.39 is 11.5 Å². The lowest BCUT2D eigenvalue weighted by atomic mass is 10.2. The number of ether oxygens (including phenoxy) is 1. The van der Waals surface area contributed by atoms with Gasteiger partial charge in [0.1, 0.15) is 0 Å². The fraction of sp³-hybridized carbons (Fsp3) is 0.333. The normalized spacial score (nSPS) is 10.9. The Morgan fingerprint density at radius 2 is 2.16 bits per heavy atom. The Labute approximate surface area is 121 Å². The van der Waals surface area contributed by atoms with Gasteiger partial charge in [0.15, 0.2) is 11.3 Å². The molecule has 7 heteroatoms. The van der Waals surface area contributed by atoms with Crippen molar-refractivity contribution >= 4 is 43.5 Å². The van der Waals surface area contributed by atoms with Gasteiger partial charge in [0, 0.05) is 7.05 Å². The van der Waals surface area contributed by atoms with Crippen LogP contribution in [-0.4, -0.2) is 22.2 Å². The number of aryl methyl sites for hydroxylation is 2. The Morgan fingerprint density at radius 1 is 1.53 bits per heavy atom. The molecule has 0 unspecified atom stereocenters. The summed E-state index contributed by atoms with van der Waals surface area (Å²) in [7, 11) is 1.57. The number of hydrogen-bond acceptors (Lipinski definition) is 5. The molecule has 0 radical (unpaired) electrons. The first kappa shape index (κ1) is 14.1. The van der Waals surface area contributed by atoms with Crippen LogP contribution in [0.25, 0.3) is 10.2 Å². The van der Waals surface area contributed by atoms with Crippen molar-refractivity contribution in [2.75, 3.05) is 6.61 Å². The van der Waals surface area contributed by atoms with Gasteiger partial charge >= 0.3 is 5.97 Å². The van der Waals surface area contributed by atoms with Gasteiger partial charge in [-0.3, -0.25) is 4.79 Å². The van der Waals surface area contributed by atoms with Gasteiger partial charge < -0.3 is 14.4 Å². The van der Waals surface area contributed by atoms with Crippen LogP contribution in [0.2, 0.25) is 0 Å². The van der Waals surface area contributed by atoms with Gasteiger partial charge in [-0.05, 0) is 35.3 Å². The molecule has 2 rings (SSSR count). The predicted molar refractivity (Wildman–Crippen MR) is 77.1 cm³/mol. The van der Waals surface area contributed by atoms with E-state index in [-0.39, 0.29) is 17.9 Å². The summed E-state index contributed by atoms with van der Waals surface area (Å²) in [5.41, 5.74) is 0.597. The fourth-order valence-corrected chi connectivity index (χ4v) is 3.60. The van der Waals surface area contributed by atoms with Crippen molar-refractivity contribution in [2.45, 2.75) is 13.8 Å². The number of rotatable bonds is 2. The zero-order chi connectivity index (χ0) is 14.3. The smallest absolute Gasteiger partial charge is 0.347 e. The molecule has 102 valence electrons. The molecule has 2 heterocycles. The number of pyridine rings is 1. The van der Waals surface area contributed by atoms with Crippen molar-refractivity contribution in [3.63, 3.8) is 0 Å². The molecule has 0 atom stereocenters. The summed E-state index contributed by atoms with van der Waals surface area (Å²) in [5.74, 6) is -1.11. The van der Waals surface area contributed by atoms with Crippen LogP contribution in [0, 0.1) is 6.92 Å². The van der Waals surface area contributed by atoms with Crippen LogP contribution in [0.4, 0.5) is 0 Å². The van der Waals surface area contributed by atoms with Crippen LogP contribution >= 0.6 is 27.3 Å². The average molecular weight is 346 g/mol. The third kappa shape index (κ3) is 2.06. The number of aromatic hydroxyl groups is 1. The molecule has 0 aromatic carbocycles. The van der Waals surface area contributed by atoms with Crippen LogP contribution in [0.1, 0.15) is 22.8 Å². The second-order valence-corrected chi connectivity index (χ2v) is 6.33. The molecule has 2 aromatic heterocycles. The van der Waals surface area contributed by atoms with E-state index in [0.717, 1.165) is 9.35 Å². The van der Waals surface area contributed by atoms with Gasteiger partial charge in [0.25, 0.3) is 5.56 Å². The van der Waals surface area contributed by atoms with Crippen LogP contribution in [0.3, 0.4) is 0 Å². The summed E-state index contributed by atoms with van der Waals surface area (Å²) < 4.78 is 7.48. The molecule has 0 saturated heterocycles. The van der Waals surface area contributed by atoms with Crippen molar-refractivity contribution in [1.29, 1.82) is 0 Å². The minimum absolute atomic E-state index is 0.145. The molecule has 0 amide bonds. The van der Waals surface area contributed by atoms with Crippen LogP contribution in [-0.2, 0) is 11.8 Å². The minimum Gasteiger partial charge on any atom is -0.505 e. The maximum Gasteiger partial charge on any atom is 0.347 e. The van der Waals surface area contributed by atoms with E-state index in [2.05, 4.69) is 15.9 Å². The molecule has 0 fully saturated rings. The highest BCUT2D eigenvalue weighted by Crippen LogP contribution is 2.39. The third-order valence-corrected chi connectivity index (χ3v) is 5.00. The first-order valence-electron chi connectivity index (χ1n) is 5.57. The van der Waals surface area contributed by atoms with Gasteiger partial charge in [-0.1, -0.05) is 0 Å². The van der Waals surface area contributed by atoms with Crippen molar-refractivity contribution in [3.8, 4) is 5.75 Å². The number of aromatic nitrogens is 1. The van der Waals surface area contributed by atoms with E-state index in [9.17, 15) is 14.7 Å². The van der Waals surface area contributed by atoms with Crippen LogP contribution in [0.5, 0.6) is 5.75 Å². The van der Waals surface area contributed by atoms with Gasteiger partial charge in [0.05, 0.1) is 20.6 Å². The summed E-state index contributed by atoms with van der Waals surface area (Å²) in [6.07, 6.45) is 0. The van der Waals surface area contributed by atoms with E-state index in [0.29, 0.717) is 10.2 Å². The summed E-state index contributed by atoms with van der Waals surface area (Å²) in [6.45, 7) is 3.63. The lowest BCUT2D eigenvalue weighted by Gasteiger charge is -2.08. The number of thiophene rings is 1. The number of nitrogens with zero attached hydrogens (tertiary/aromatic N) is 1. The molecule has 0 bridgehead atoms. The number of carbonyl (C=O) groups excluding carboxylic acids is 1. The van der Waals surface area contributed by atoms with Gasteiger partial charge in [-0.2, -0.15) is 0 Å². The number of esters is 1. The quantitative estimate of drug-likeness (QED) is 0.849. The van der Waals surface area contributed by atoms with Gasteiger partial charge in [-0.15, -0.1) is 11.3 Å². The molecule has 0 aliphatic rings. The van der Waals surface area contributed by atoms with Crippen LogP contribution in [0.15, 0.2) is 8.58 Å². The topological polar surface area (TPSA) is 68.5 Å². The van der Waals surface area contributed by atoms with Crippen molar-refractivity contribution in [1.82, 2.24) is 4.57 Å². The summed E-state index contributed by atoms with van der Waals surface area (Å²) in [6, 6.07) is 0. The van der Waals surface area contributed by atoms with Crippen molar-refractivity contribution < 1.29 is 14.6 Å². The van der Waals surface area contributed by atoms with E-state index in [1.54, 1.807) is 14.0 Å². The monoisotopic (exact) mass is 345 g/mol. The Morgan fingerprint density at radius 3 is 2.74 bits per heavy atom. The lowest BCUT2D eigenvalue weighted by Crippen LogP contribution is -2.25. The first-order valence-corrected chi connectivity index (χ1v) is 7.18. The largest absolute Gasteiger partial charge is 0.505 e. The highest BCUT2D eigenvalue weighted by Gasteiger charge is 2.25. The van der Waals surface area contributed by atoms with Crippen molar-refractivity contribution in [3.05, 3.63) is 25.3 Å². The Bertz CT molecular complexity index is 732. The zero-order valence-electron chi connectivity index (χ0n) is 10.6. The molecule has 1 N–H and O–H groups in total. The van der Waals surface area contributed by atoms with E-state index in [1.807, 2.05) is 6.92 Å². The number of halogens is 1. The molecule has 0 aliphatic carbocycles. The maximum absolute atomic E-state index is 12.2. The fourth-order valence-electron chi connectivity index (χ4n) is 1.91. The zero-order valence-corrected chi connectivity index (χ0v) is 13.0. The second kappa shape index (κ2) is 4.97. The minimum atomic E-state index is -0.801. The van der Waals surface area contributed by atoms with Crippen LogP contribution < -0.4 is 5.56 Å². The molecule has 0 spiro atoms. The Hall–Kier alpha value is -1.34. The lowest BCUT2D eigenvalue weighted by molar-refractivity contribution is 0.0520. The highest BCUT2D eigenvalue weighted by atomic mass is 79.9. The van der Waals surface area contributed by atoms with E-state index >= 15 is 0 Å². The molecule has 5 nitrogen and oxygen atoms in total. The molecular formula is C12H12BrNO4S. The average Bonchev–Trinajstić information content (AvgIpc) is 2.64. The number of carbonyl (C=O) groups is 1. The molecule has 2 aromatic rings. The SMILES string of the molecule is CCOC(=O)c1c(O)c2sc(Br)c(C)c2n(C)c1=O. The van der Waals surface area contributed by atoms with E-state index in [1.165, 1.54) is 15.9 Å². The molecule has 0 aliphatic heterocycles. The third-order valence-electron chi connectivity index (χ3n) is 2.84. The Kier molecular flexibility index (Phi) is 3.69. The summed E-state index contributed by atoms with van der Waals surface area (Å²) in [4.78, 5) is 23.9. The van der Waals surface area contributed by atoms with E-state index in [4.69, 9.17) is 4.74 Å². The highest BCUT2D eigenvalue weighted by molar-refractivity contribution is 9.11. The summed E-state index contributed by atoms with van der Waals surface area (Å²) in [5, 5.41) is 10.2. The molecule has 0 saturated carbocycles. The number of fused-ring (bicyclic) bond motifs is 1. The number of hydrogen-bond donors (Lipinski definition) is 1. The first-order chi connectivity index (χ1) is 8.90. The van der Waals surface area contributed by atoms with Crippen molar-refractivity contribution in [2.24, 2.45) is 7.05 Å². The van der Waals surface area contributed by atoms with Gasteiger partial charge in [-0.25, -0.2) is 4.79 Å². The standard InChI is InChI=1S/C12H12BrNO4S/c1-4-18-12(17)6-8(15)9-7(14(3)11(6)16)5(2)10(13)19-9/h15H,4H2,1-3H3. The van der Waals surface area contributed by atoms with Gasteiger partial charge in [0.2, 0.25) is 0 Å². The maximum atomic E-state index is 12.2. The second-order valence-electron chi connectivity index (χ2n) is 3.99. The Balaban J connectivity index is 2.89. The molecule has 19 heavy (non-hydrogen) atoms. The molecular weight excluding hydrogens is 334 g/mol.